The Morgan fingerprint density at radius 1 is 1.09 bits per heavy atom. The van der Waals surface area contributed by atoms with Gasteiger partial charge in [-0.15, -0.1) is 0 Å². The zero-order chi connectivity index (χ0) is 22.7. The maximum atomic E-state index is 14.8. The van der Waals surface area contributed by atoms with Crippen LogP contribution in [0.3, 0.4) is 0 Å². The monoisotopic (exact) mass is 438 g/mol. The molecule has 1 aliphatic carbocycles. The second kappa shape index (κ2) is 7.33. The number of phenols is 1. The van der Waals surface area contributed by atoms with Gasteiger partial charge in [-0.25, -0.2) is 4.39 Å². The van der Waals surface area contributed by atoms with Gasteiger partial charge in [-0.3, -0.25) is 14.6 Å². The molecule has 8 nitrogen and oxygen atoms in total. The number of fused-ring (bicyclic) bond motifs is 4. The van der Waals surface area contributed by atoms with Gasteiger partial charge in [0, 0.05) is 28.3 Å². The van der Waals surface area contributed by atoms with Crippen molar-refractivity contribution < 1.29 is 33.7 Å². The van der Waals surface area contributed by atoms with Gasteiger partial charge in [-0.1, -0.05) is 30.3 Å². The minimum atomic E-state index is -2.02. The summed E-state index contributed by atoms with van der Waals surface area (Å²) in [6, 6.07) is 8.46. The van der Waals surface area contributed by atoms with Crippen LogP contribution in [0.1, 0.15) is 38.8 Å². The summed E-state index contributed by atoms with van der Waals surface area (Å²) in [5, 5.41) is 21.4. The smallest absolute Gasteiger partial charge is 0.234 e. The first-order valence-corrected chi connectivity index (χ1v) is 10.0. The molecule has 0 radical (unpaired) electrons. The summed E-state index contributed by atoms with van der Waals surface area (Å²) in [6.07, 6.45) is -4.52. The van der Waals surface area contributed by atoms with E-state index in [1.165, 1.54) is 18.3 Å². The summed E-state index contributed by atoms with van der Waals surface area (Å²) in [5.41, 5.74) is 5.90. The summed E-state index contributed by atoms with van der Waals surface area (Å²) in [6.45, 7) is 1.55. The van der Waals surface area contributed by atoms with Crippen LogP contribution in [0.5, 0.6) is 11.5 Å². The minimum Gasteiger partial charge on any atom is -0.504 e. The van der Waals surface area contributed by atoms with Crippen LogP contribution < -0.4 is 10.5 Å². The number of aliphatic hydroxyl groups is 1. The fraction of sp³-hybridized carbons (Fsp3) is 0.261. The molecule has 3 aromatic rings. The molecule has 0 spiro atoms. The molecular formula is C23H19FN2O6. The van der Waals surface area contributed by atoms with Gasteiger partial charge < -0.3 is 25.4 Å². The number of nitrogens with two attached hydrogens (primary N) is 1. The van der Waals surface area contributed by atoms with E-state index in [0.717, 1.165) is 0 Å². The number of nitrogens with zero attached hydrogens (tertiary/aromatic N) is 1. The molecule has 4 N–H and O–H groups in total. The number of hydrogen-bond donors (Lipinski definition) is 3. The molecule has 0 saturated carbocycles. The zero-order valence-electron chi connectivity index (χ0n) is 16.9. The molecule has 1 fully saturated rings. The van der Waals surface area contributed by atoms with Gasteiger partial charge >= 0.3 is 0 Å². The second-order valence-electron chi connectivity index (χ2n) is 7.87. The van der Waals surface area contributed by atoms with E-state index in [1.54, 1.807) is 31.2 Å². The number of benzene rings is 2. The maximum Gasteiger partial charge on any atom is 0.234 e. The highest BCUT2D eigenvalue weighted by Gasteiger charge is 2.45. The van der Waals surface area contributed by atoms with Crippen molar-refractivity contribution in [3.05, 3.63) is 64.8 Å². The number of halogens is 1. The molecule has 1 saturated heterocycles. The van der Waals surface area contributed by atoms with E-state index in [1.807, 2.05) is 0 Å². The molecule has 1 aliphatic heterocycles. The van der Waals surface area contributed by atoms with Gasteiger partial charge in [-0.2, -0.15) is 0 Å². The lowest BCUT2D eigenvalue weighted by Gasteiger charge is -2.38. The number of rotatable bonds is 2. The Bertz CT molecular complexity index is 1280. The Kier molecular flexibility index (Phi) is 4.70. The molecule has 5 atom stereocenters. The number of aromatic hydroxyl groups is 1. The molecule has 2 aliphatic rings. The maximum absolute atomic E-state index is 14.8. The number of aliphatic hydroxyl groups excluding tert-OH is 1. The number of ether oxygens (including phenoxy) is 2. The van der Waals surface area contributed by atoms with Crippen molar-refractivity contribution in [3.63, 3.8) is 0 Å². The number of ketones is 2. The van der Waals surface area contributed by atoms with Gasteiger partial charge in [0.1, 0.15) is 11.6 Å². The number of phenolic OH excluding ortho intramolecular Hbond substituents is 1. The van der Waals surface area contributed by atoms with E-state index < -0.39 is 48.0 Å². The number of carbonyl (C=O) groups is 2. The SMILES string of the molecule is CC1OC(Oc2c(O)c3c(c4cccnc24)C(=O)c2ccccc2C3=O)C(F)C(O)C1N. The van der Waals surface area contributed by atoms with E-state index in [0.29, 0.717) is 0 Å². The fourth-order valence-corrected chi connectivity index (χ4v) is 4.22. The van der Waals surface area contributed by atoms with Crippen LogP contribution in [-0.2, 0) is 4.74 Å². The van der Waals surface area contributed by atoms with E-state index >= 15 is 0 Å². The van der Waals surface area contributed by atoms with E-state index in [4.69, 9.17) is 15.2 Å². The summed E-state index contributed by atoms with van der Waals surface area (Å²) < 4.78 is 25.9. The van der Waals surface area contributed by atoms with Crippen molar-refractivity contribution >= 4 is 22.5 Å². The average molecular weight is 438 g/mol. The van der Waals surface area contributed by atoms with E-state index in [-0.39, 0.29) is 38.9 Å². The van der Waals surface area contributed by atoms with Crippen LogP contribution in [0.25, 0.3) is 10.9 Å². The van der Waals surface area contributed by atoms with Crippen molar-refractivity contribution in [2.75, 3.05) is 0 Å². The van der Waals surface area contributed by atoms with Crippen LogP contribution in [-0.4, -0.2) is 57.5 Å². The Morgan fingerprint density at radius 3 is 2.44 bits per heavy atom. The third-order valence-corrected chi connectivity index (χ3v) is 5.97. The van der Waals surface area contributed by atoms with Crippen molar-refractivity contribution in [2.45, 2.75) is 37.6 Å². The van der Waals surface area contributed by atoms with Gasteiger partial charge in [0.25, 0.3) is 0 Å². The molecule has 0 bridgehead atoms. The molecular weight excluding hydrogens is 419 g/mol. The highest BCUT2D eigenvalue weighted by atomic mass is 19.1. The minimum absolute atomic E-state index is 0.00145. The quantitative estimate of drug-likeness (QED) is 0.432. The molecule has 2 heterocycles. The number of alkyl halides is 1. The molecule has 2 aromatic carbocycles. The third-order valence-electron chi connectivity index (χ3n) is 5.97. The summed E-state index contributed by atoms with van der Waals surface area (Å²) in [7, 11) is 0. The molecule has 5 rings (SSSR count). The lowest BCUT2D eigenvalue weighted by Crippen LogP contribution is -2.60. The predicted molar refractivity (Wildman–Crippen MR) is 111 cm³/mol. The van der Waals surface area contributed by atoms with Crippen molar-refractivity contribution in [1.29, 1.82) is 0 Å². The van der Waals surface area contributed by atoms with E-state index in [2.05, 4.69) is 4.98 Å². The Morgan fingerprint density at radius 2 is 1.75 bits per heavy atom. The number of carbonyl (C=O) groups excluding carboxylic acids is 2. The van der Waals surface area contributed by atoms with Crippen LogP contribution in [0, 0.1) is 0 Å². The standard InChI is InChI=1S/C23H19FN2O6/c1-9-16(25)21(30)15(24)23(31-9)32-22-17-12(7-4-8-26-17)13-14(20(22)29)19(28)11-6-3-2-5-10(11)18(13)27/h2-9,15-16,21,23,29-30H,25H2,1H3. The topological polar surface area (TPSA) is 132 Å². The average Bonchev–Trinajstić information content (AvgIpc) is 2.80. The highest BCUT2D eigenvalue weighted by Crippen LogP contribution is 2.45. The van der Waals surface area contributed by atoms with Crippen LogP contribution in [0.15, 0.2) is 42.6 Å². The summed E-state index contributed by atoms with van der Waals surface area (Å²) in [4.78, 5) is 30.7. The first-order valence-electron chi connectivity index (χ1n) is 10.0. The van der Waals surface area contributed by atoms with E-state index in [9.17, 15) is 24.2 Å². The number of aromatic nitrogens is 1. The Labute approximate surface area is 181 Å². The van der Waals surface area contributed by atoms with Crippen molar-refractivity contribution in [2.24, 2.45) is 5.73 Å². The highest BCUT2D eigenvalue weighted by molar-refractivity contribution is 6.33. The van der Waals surface area contributed by atoms with Crippen LogP contribution in [0.4, 0.5) is 4.39 Å². The molecule has 0 amide bonds. The molecule has 164 valence electrons. The van der Waals surface area contributed by atoms with Gasteiger partial charge in [0.15, 0.2) is 29.2 Å². The lowest BCUT2D eigenvalue weighted by molar-refractivity contribution is -0.218. The molecule has 9 heteroatoms. The van der Waals surface area contributed by atoms with Gasteiger partial charge in [0.05, 0.1) is 17.7 Å². The summed E-state index contributed by atoms with van der Waals surface area (Å²) >= 11 is 0. The largest absolute Gasteiger partial charge is 0.504 e. The lowest BCUT2D eigenvalue weighted by atomic mass is 9.81. The number of pyridine rings is 1. The second-order valence-corrected chi connectivity index (χ2v) is 7.87. The van der Waals surface area contributed by atoms with Crippen molar-refractivity contribution in [3.8, 4) is 11.5 Å². The normalized spacial score (nSPS) is 27.2. The van der Waals surface area contributed by atoms with Crippen molar-refractivity contribution in [1.82, 2.24) is 4.98 Å². The van der Waals surface area contributed by atoms with Crippen LogP contribution >= 0.6 is 0 Å². The Hall–Kier alpha value is -3.40. The first kappa shape index (κ1) is 20.5. The Balaban J connectivity index is 1.70. The number of hydrogen-bond acceptors (Lipinski definition) is 8. The van der Waals surface area contributed by atoms with Crippen LogP contribution in [0.2, 0.25) is 0 Å². The van der Waals surface area contributed by atoms with Gasteiger partial charge in [-0.05, 0) is 13.0 Å². The first-order chi connectivity index (χ1) is 15.3. The predicted octanol–water partition coefficient (Wildman–Crippen LogP) is 1.87. The molecule has 5 unspecified atom stereocenters. The third kappa shape index (κ3) is 2.82. The summed E-state index contributed by atoms with van der Waals surface area (Å²) in [5.74, 6) is -1.98. The van der Waals surface area contributed by atoms with Gasteiger partial charge in [0.2, 0.25) is 6.29 Å². The molecule has 1 aromatic heterocycles. The molecule has 32 heavy (non-hydrogen) atoms. The zero-order valence-corrected chi connectivity index (χ0v) is 16.9. The fourth-order valence-electron chi connectivity index (χ4n) is 4.22.